The summed E-state index contributed by atoms with van der Waals surface area (Å²) in [5.41, 5.74) is 4.53. The third kappa shape index (κ3) is 4.31. The Labute approximate surface area is 154 Å². The number of allylic oxidation sites excluding steroid dienone is 1. The van der Waals surface area contributed by atoms with Crippen LogP contribution in [0, 0.1) is 6.92 Å². The first-order valence-corrected chi connectivity index (χ1v) is 9.12. The van der Waals surface area contributed by atoms with Crippen LogP contribution in [-0.4, -0.2) is 12.0 Å². The van der Waals surface area contributed by atoms with Gasteiger partial charge in [-0.05, 0) is 50.1 Å². The van der Waals surface area contributed by atoms with Crippen LogP contribution < -0.4 is 4.31 Å². The number of benzene rings is 2. The summed E-state index contributed by atoms with van der Waals surface area (Å²) in [7, 11) is 2.05. The summed E-state index contributed by atoms with van der Waals surface area (Å²) >= 11 is 1.68. The van der Waals surface area contributed by atoms with Gasteiger partial charge >= 0.3 is 0 Å². The van der Waals surface area contributed by atoms with Crippen LogP contribution in [0.4, 0.5) is 5.82 Å². The average molecular weight is 346 g/mol. The van der Waals surface area contributed by atoms with Gasteiger partial charge in [0.05, 0.1) is 5.69 Å². The molecule has 0 radical (unpaired) electrons. The van der Waals surface area contributed by atoms with Crippen LogP contribution in [0.3, 0.4) is 0 Å². The van der Waals surface area contributed by atoms with E-state index in [1.54, 1.807) is 11.9 Å². The highest BCUT2D eigenvalue weighted by molar-refractivity contribution is 8.00. The Bertz CT molecular complexity index is 855. The molecule has 0 aliphatic carbocycles. The van der Waals surface area contributed by atoms with Gasteiger partial charge in [-0.3, -0.25) is 4.31 Å². The summed E-state index contributed by atoms with van der Waals surface area (Å²) in [6.45, 7) is 4.13. The van der Waals surface area contributed by atoms with Crippen LogP contribution in [-0.2, 0) is 0 Å². The van der Waals surface area contributed by atoms with Gasteiger partial charge in [-0.2, -0.15) is 0 Å². The van der Waals surface area contributed by atoms with E-state index in [1.807, 2.05) is 20.0 Å². The van der Waals surface area contributed by atoms with E-state index in [2.05, 4.69) is 84.0 Å². The zero-order valence-corrected chi connectivity index (χ0v) is 15.6. The first-order chi connectivity index (χ1) is 12.2. The standard InChI is InChI=1S/C22H22N2S/c1-4-8-18-15-16-21(24(3)25-20-9-6-5-7-10-20)23-22(18)19-13-11-17(2)12-14-19/h4-16H,1-3H3/b8-4+. The molecule has 0 fully saturated rings. The number of rotatable bonds is 5. The predicted molar refractivity (Wildman–Crippen MR) is 110 cm³/mol. The largest absolute Gasteiger partial charge is 0.300 e. The van der Waals surface area contributed by atoms with Gasteiger partial charge in [-0.15, -0.1) is 0 Å². The second-order valence-electron chi connectivity index (χ2n) is 5.88. The fourth-order valence-electron chi connectivity index (χ4n) is 2.58. The molecule has 25 heavy (non-hydrogen) atoms. The molecule has 0 bridgehead atoms. The fraction of sp³-hybridized carbons (Fsp3) is 0.136. The molecule has 3 rings (SSSR count). The van der Waals surface area contributed by atoms with Crippen LogP contribution in [0.5, 0.6) is 0 Å². The molecular weight excluding hydrogens is 324 g/mol. The van der Waals surface area contributed by atoms with E-state index in [9.17, 15) is 0 Å². The average Bonchev–Trinajstić information content (AvgIpc) is 2.64. The lowest BCUT2D eigenvalue weighted by Crippen LogP contribution is -2.08. The molecule has 0 saturated carbocycles. The maximum atomic E-state index is 4.94. The molecule has 1 heterocycles. The maximum absolute atomic E-state index is 4.94. The Morgan fingerprint density at radius 2 is 1.64 bits per heavy atom. The lowest BCUT2D eigenvalue weighted by Gasteiger charge is -2.18. The van der Waals surface area contributed by atoms with Crippen molar-refractivity contribution in [2.45, 2.75) is 18.7 Å². The van der Waals surface area contributed by atoms with Gasteiger partial charge in [0.2, 0.25) is 0 Å². The van der Waals surface area contributed by atoms with Crippen molar-refractivity contribution in [3.63, 3.8) is 0 Å². The van der Waals surface area contributed by atoms with Gasteiger partial charge in [0.25, 0.3) is 0 Å². The summed E-state index contributed by atoms with van der Waals surface area (Å²) in [6, 6.07) is 23.1. The van der Waals surface area contributed by atoms with Crippen molar-refractivity contribution >= 4 is 23.8 Å². The predicted octanol–water partition coefficient (Wildman–Crippen LogP) is 6.23. The highest BCUT2D eigenvalue weighted by atomic mass is 32.2. The van der Waals surface area contributed by atoms with Crippen LogP contribution in [0.25, 0.3) is 17.3 Å². The Morgan fingerprint density at radius 3 is 2.32 bits per heavy atom. The molecule has 126 valence electrons. The highest BCUT2D eigenvalue weighted by Crippen LogP contribution is 2.30. The first kappa shape index (κ1) is 17.3. The number of anilines is 1. The number of nitrogens with zero attached hydrogens (tertiary/aromatic N) is 2. The number of aryl methyl sites for hydroxylation is 1. The second-order valence-corrected chi connectivity index (χ2v) is 7.08. The summed E-state index contributed by atoms with van der Waals surface area (Å²) in [5, 5.41) is 0. The number of hydrogen-bond acceptors (Lipinski definition) is 3. The van der Waals surface area contributed by atoms with E-state index in [0.717, 1.165) is 22.6 Å². The summed E-state index contributed by atoms with van der Waals surface area (Å²) in [6.07, 6.45) is 4.16. The van der Waals surface area contributed by atoms with Crippen molar-refractivity contribution in [1.82, 2.24) is 4.98 Å². The number of aromatic nitrogens is 1. The van der Waals surface area contributed by atoms with Gasteiger partial charge in [0, 0.05) is 23.1 Å². The molecule has 3 heteroatoms. The highest BCUT2D eigenvalue weighted by Gasteiger charge is 2.10. The van der Waals surface area contributed by atoms with Crippen LogP contribution in [0.1, 0.15) is 18.1 Å². The minimum Gasteiger partial charge on any atom is -0.300 e. The molecule has 0 atom stereocenters. The van der Waals surface area contributed by atoms with Gasteiger partial charge < -0.3 is 0 Å². The molecule has 1 aromatic heterocycles. The topological polar surface area (TPSA) is 16.1 Å². The van der Waals surface area contributed by atoms with Gasteiger partial charge in [-0.25, -0.2) is 4.98 Å². The van der Waals surface area contributed by atoms with Crippen molar-refractivity contribution in [3.8, 4) is 11.3 Å². The van der Waals surface area contributed by atoms with Crippen molar-refractivity contribution in [1.29, 1.82) is 0 Å². The molecular formula is C22H22N2S. The Morgan fingerprint density at radius 1 is 0.920 bits per heavy atom. The second kappa shape index (κ2) is 8.04. The SMILES string of the molecule is C/C=C/c1ccc(N(C)Sc2ccccc2)nc1-c1ccc(C)cc1. The van der Waals surface area contributed by atoms with E-state index in [-0.39, 0.29) is 0 Å². The van der Waals surface area contributed by atoms with Gasteiger partial charge in [0.1, 0.15) is 5.82 Å². The zero-order valence-electron chi connectivity index (χ0n) is 14.8. The molecule has 0 spiro atoms. The molecule has 0 N–H and O–H groups in total. The number of hydrogen-bond donors (Lipinski definition) is 0. The third-order valence-electron chi connectivity index (χ3n) is 3.89. The van der Waals surface area contributed by atoms with Crippen molar-refractivity contribution in [2.24, 2.45) is 0 Å². The lowest BCUT2D eigenvalue weighted by atomic mass is 10.0. The van der Waals surface area contributed by atoms with E-state index in [0.29, 0.717) is 0 Å². The van der Waals surface area contributed by atoms with Gasteiger partial charge in [-0.1, -0.05) is 60.2 Å². The summed E-state index contributed by atoms with van der Waals surface area (Å²) in [4.78, 5) is 6.14. The molecule has 0 amide bonds. The van der Waals surface area contributed by atoms with Gasteiger partial charge in [0.15, 0.2) is 0 Å². The maximum Gasteiger partial charge on any atom is 0.139 e. The lowest BCUT2D eigenvalue weighted by molar-refractivity contribution is 1.21. The smallest absolute Gasteiger partial charge is 0.139 e. The quantitative estimate of drug-likeness (QED) is 0.509. The van der Waals surface area contributed by atoms with Crippen LogP contribution in [0.15, 0.2) is 77.7 Å². The Balaban J connectivity index is 1.96. The summed E-state index contributed by atoms with van der Waals surface area (Å²) < 4.78 is 2.10. The van der Waals surface area contributed by atoms with E-state index in [1.165, 1.54) is 10.5 Å². The van der Waals surface area contributed by atoms with E-state index < -0.39 is 0 Å². The van der Waals surface area contributed by atoms with Crippen molar-refractivity contribution < 1.29 is 0 Å². The zero-order chi connectivity index (χ0) is 17.6. The molecule has 3 aromatic rings. The molecule has 0 saturated heterocycles. The molecule has 0 unspecified atom stereocenters. The number of pyridine rings is 1. The molecule has 2 aromatic carbocycles. The van der Waals surface area contributed by atoms with E-state index >= 15 is 0 Å². The van der Waals surface area contributed by atoms with E-state index in [4.69, 9.17) is 4.98 Å². The summed E-state index contributed by atoms with van der Waals surface area (Å²) in [5.74, 6) is 0.942. The van der Waals surface area contributed by atoms with Crippen molar-refractivity contribution in [3.05, 3.63) is 83.9 Å². The van der Waals surface area contributed by atoms with Crippen LogP contribution in [0.2, 0.25) is 0 Å². The fourth-order valence-corrected chi connectivity index (χ4v) is 3.37. The monoisotopic (exact) mass is 346 g/mol. The van der Waals surface area contributed by atoms with Crippen LogP contribution >= 0.6 is 11.9 Å². The molecule has 0 aliphatic heterocycles. The van der Waals surface area contributed by atoms with Crippen molar-refractivity contribution in [2.75, 3.05) is 11.4 Å². The molecule has 0 aliphatic rings. The normalized spacial score (nSPS) is 11.0. The minimum absolute atomic E-state index is 0.942. The minimum atomic E-state index is 0.942. The Hall–Kier alpha value is -2.52. The third-order valence-corrected chi connectivity index (χ3v) is 4.84. The molecule has 2 nitrogen and oxygen atoms in total. The first-order valence-electron chi connectivity index (χ1n) is 8.35. The Kier molecular flexibility index (Phi) is 5.56.